The number of fused-ring (bicyclic) bond motifs is 3. The minimum atomic E-state index is -2.58. The summed E-state index contributed by atoms with van der Waals surface area (Å²) in [7, 11) is 0. The summed E-state index contributed by atoms with van der Waals surface area (Å²) >= 11 is 0. The third kappa shape index (κ3) is 2.70. The van der Waals surface area contributed by atoms with E-state index in [4.69, 9.17) is 5.73 Å². The van der Waals surface area contributed by atoms with Gasteiger partial charge in [0.1, 0.15) is 22.8 Å². The van der Waals surface area contributed by atoms with Gasteiger partial charge >= 0.3 is 0 Å². The number of phenols is 1. The Morgan fingerprint density at radius 3 is 2.36 bits per heavy atom. The van der Waals surface area contributed by atoms with Gasteiger partial charge in [-0.25, -0.2) is 0 Å². The van der Waals surface area contributed by atoms with Gasteiger partial charge in [-0.2, -0.15) is 0 Å². The summed E-state index contributed by atoms with van der Waals surface area (Å²) in [5.74, 6) is -6.96. The quantitative estimate of drug-likeness (QED) is 0.441. The molecule has 168 valence electrons. The number of carbonyl (C=O) groups is 3. The van der Waals surface area contributed by atoms with Gasteiger partial charge in [-0.15, -0.1) is 0 Å². The Hall–Kier alpha value is -3.91. The van der Waals surface area contributed by atoms with Crippen LogP contribution in [-0.2, 0) is 14.4 Å². The van der Waals surface area contributed by atoms with Crippen LogP contribution in [0.4, 0.5) is 0 Å². The van der Waals surface area contributed by atoms with Crippen molar-refractivity contribution in [3.05, 3.63) is 82.1 Å². The molecule has 0 aliphatic heterocycles. The van der Waals surface area contributed by atoms with E-state index in [1.807, 2.05) is 30.3 Å². The van der Waals surface area contributed by atoms with Crippen LogP contribution in [0.1, 0.15) is 35.4 Å². The first-order valence-corrected chi connectivity index (χ1v) is 10.5. The van der Waals surface area contributed by atoms with E-state index in [1.165, 1.54) is 6.07 Å². The molecule has 6 N–H and O–H groups in total. The molecule has 4 atom stereocenters. The fourth-order valence-electron chi connectivity index (χ4n) is 5.67. The van der Waals surface area contributed by atoms with Crippen LogP contribution in [0.25, 0.3) is 5.76 Å². The monoisotopic (exact) mass is 447 g/mol. The average molecular weight is 447 g/mol. The Morgan fingerprint density at radius 1 is 1.00 bits per heavy atom. The van der Waals surface area contributed by atoms with Crippen LogP contribution in [0.3, 0.4) is 0 Å². The van der Waals surface area contributed by atoms with E-state index in [0.29, 0.717) is 5.56 Å². The lowest BCUT2D eigenvalue weighted by molar-refractivity contribution is -0.147. The van der Waals surface area contributed by atoms with E-state index in [1.54, 1.807) is 12.1 Å². The Morgan fingerprint density at radius 2 is 1.70 bits per heavy atom. The number of hydrogen-bond donors (Lipinski definition) is 5. The molecule has 1 unspecified atom stereocenters. The summed E-state index contributed by atoms with van der Waals surface area (Å²) in [6.45, 7) is 0. The van der Waals surface area contributed by atoms with Crippen molar-refractivity contribution in [1.82, 2.24) is 0 Å². The predicted octanol–water partition coefficient (Wildman–Crippen LogP) is 2.01. The highest BCUT2D eigenvalue weighted by molar-refractivity contribution is 6.22. The minimum absolute atomic E-state index is 0.0676. The van der Waals surface area contributed by atoms with Crippen LogP contribution < -0.4 is 5.73 Å². The van der Waals surface area contributed by atoms with Crippen LogP contribution in [0, 0.1) is 11.8 Å². The van der Waals surface area contributed by atoms with E-state index in [0.717, 1.165) is 5.56 Å². The molecule has 0 spiro atoms. The second-order valence-electron chi connectivity index (χ2n) is 8.74. The molecule has 1 saturated carbocycles. The third-order valence-electron chi connectivity index (χ3n) is 7.11. The topological polar surface area (TPSA) is 158 Å². The van der Waals surface area contributed by atoms with E-state index >= 15 is 0 Å². The second kappa shape index (κ2) is 7.05. The SMILES string of the molecule is NC(=O)C1=C(O)[C@@]2(O)C(=O)C3=C(O)c4c(O)cccc4[C@@H](c4ccccc4)C3C[C@H]2CC1=O. The molecule has 33 heavy (non-hydrogen) atoms. The minimum Gasteiger partial charge on any atom is -0.508 e. The number of aliphatic hydroxyl groups excluding tert-OH is 2. The van der Waals surface area contributed by atoms with Crippen LogP contribution in [-0.4, -0.2) is 43.5 Å². The average Bonchev–Trinajstić information content (AvgIpc) is 2.77. The number of nitrogens with two attached hydrogens (primary N) is 1. The van der Waals surface area contributed by atoms with Gasteiger partial charge < -0.3 is 26.2 Å². The molecule has 3 aliphatic rings. The maximum Gasteiger partial charge on any atom is 0.255 e. The van der Waals surface area contributed by atoms with E-state index in [9.17, 15) is 34.8 Å². The number of benzene rings is 2. The standard InChI is InChI=1S/C25H21NO7/c26-24(32)20-16(28)10-12-9-14-17(11-5-2-1-3-6-11)13-7-4-8-15(27)18(13)21(29)19(14)22(30)25(12,33)23(20)31/h1-8,12,14,17,27,29,31,33H,9-10H2,(H2,26,32)/t12-,14?,17+,25-/m0/s1. The summed E-state index contributed by atoms with van der Waals surface area (Å²) in [6, 6.07) is 14.0. The second-order valence-corrected chi connectivity index (χ2v) is 8.74. The number of phenolic OH excluding ortho intramolecular Hbond substituents is 1. The highest BCUT2D eigenvalue weighted by Gasteiger charge is 2.61. The zero-order valence-electron chi connectivity index (χ0n) is 17.4. The molecule has 0 aromatic heterocycles. The van der Waals surface area contributed by atoms with Crippen LogP contribution >= 0.6 is 0 Å². The van der Waals surface area contributed by atoms with E-state index in [2.05, 4.69) is 0 Å². The van der Waals surface area contributed by atoms with Crippen molar-refractivity contribution in [2.75, 3.05) is 0 Å². The molecular formula is C25H21NO7. The van der Waals surface area contributed by atoms with Crippen LogP contribution in [0.15, 0.2) is 65.4 Å². The Labute approximate surface area is 188 Å². The lowest BCUT2D eigenvalue weighted by Crippen LogP contribution is -2.58. The van der Waals surface area contributed by atoms with Crippen LogP contribution in [0.2, 0.25) is 0 Å². The van der Waals surface area contributed by atoms with Gasteiger partial charge in [0.05, 0.1) is 5.56 Å². The number of aromatic hydroxyl groups is 1. The summed E-state index contributed by atoms with van der Waals surface area (Å²) in [5.41, 5.74) is 3.15. The van der Waals surface area contributed by atoms with E-state index in [-0.39, 0.29) is 29.7 Å². The van der Waals surface area contributed by atoms with Gasteiger partial charge in [0.2, 0.25) is 5.78 Å². The summed E-state index contributed by atoms with van der Waals surface area (Å²) < 4.78 is 0. The zero-order chi connectivity index (χ0) is 23.7. The largest absolute Gasteiger partial charge is 0.508 e. The predicted molar refractivity (Wildman–Crippen MR) is 116 cm³/mol. The lowest BCUT2D eigenvalue weighted by Gasteiger charge is -2.48. The first-order chi connectivity index (χ1) is 15.7. The molecule has 8 heteroatoms. The third-order valence-corrected chi connectivity index (χ3v) is 7.11. The number of amides is 1. The number of aliphatic hydroxyl groups is 3. The van der Waals surface area contributed by atoms with Crippen LogP contribution in [0.5, 0.6) is 5.75 Å². The molecule has 3 aliphatic carbocycles. The fraction of sp³-hybridized carbons (Fsp3) is 0.240. The fourth-order valence-corrected chi connectivity index (χ4v) is 5.67. The number of Topliss-reactive ketones (excluding diaryl/α,β-unsaturated/α-hetero) is 2. The number of hydrogen-bond acceptors (Lipinski definition) is 7. The molecule has 0 saturated heterocycles. The van der Waals surface area contributed by atoms with Gasteiger partial charge in [0.15, 0.2) is 11.4 Å². The van der Waals surface area contributed by atoms with Crippen molar-refractivity contribution in [2.24, 2.45) is 17.6 Å². The first kappa shape index (κ1) is 21.0. The normalized spacial score (nSPS) is 28.8. The van der Waals surface area contributed by atoms with Gasteiger partial charge in [0.25, 0.3) is 5.91 Å². The summed E-state index contributed by atoms with van der Waals surface area (Å²) in [6.07, 6.45) is -0.290. The molecular weight excluding hydrogens is 426 g/mol. The highest BCUT2D eigenvalue weighted by atomic mass is 16.3. The Kier molecular flexibility index (Phi) is 4.48. The van der Waals surface area contributed by atoms with Crippen molar-refractivity contribution in [1.29, 1.82) is 0 Å². The van der Waals surface area contributed by atoms with Gasteiger partial charge in [0, 0.05) is 29.7 Å². The first-order valence-electron chi connectivity index (χ1n) is 10.5. The summed E-state index contributed by atoms with van der Waals surface area (Å²) in [5, 5.41) is 43.7. The number of carbonyl (C=O) groups excluding carboxylic acids is 3. The van der Waals surface area contributed by atoms with Crippen molar-refractivity contribution < 1.29 is 34.8 Å². The Bertz CT molecular complexity index is 1290. The maximum atomic E-state index is 13.7. The molecule has 8 nitrogen and oxygen atoms in total. The highest BCUT2D eigenvalue weighted by Crippen LogP contribution is 2.56. The van der Waals surface area contributed by atoms with Gasteiger partial charge in [-0.05, 0) is 23.6 Å². The number of primary amides is 1. The molecule has 0 radical (unpaired) electrons. The molecule has 2 aromatic rings. The molecule has 0 bridgehead atoms. The number of ketones is 2. The summed E-state index contributed by atoms with van der Waals surface area (Å²) in [4.78, 5) is 38.0. The number of rotatable bonds is 2. The van der Waals surface area contributed by atoms with Gasteiger partial charge in [-0.3, -0.25) is 14.4 Å². The molecule has 5 rings (SSSR count). The molecule has 1 amide bonds. The smallest absolute Gasteiger partial charge is 0.255 e. The molecule has 1 fully saturated rings. The van der Waals surface area contributed by atoms with Gasteiger partial charge in [-0.1, -0.05) is 42.5 Å². The molecule has 2 aromatic carbocycles. The van der Waals surface area contributed by atoms with Crippen molar-refractivity contribution in [3.8, 4) is 5.75 Å². The van der Waals surface area contributed by atoms with Crippen molar-refractivity contribution in [2.45, 2.75) is 24.4 Å². The zero-order valence-corrected chi connectivity index (χ0v) is 17.4. The lowest BCUT2D eigenvalue weighted by atomic mass is 9.56. The van der Waals surface area contributed by atoms with Crippen molar-refractivity contribution >= 4 is 23.2 Å². The maximum absolute atomic E-state index is 13.7. The van der Waals surface area contributed by atoms with E-state index < -0.39 is 57.9 Å². The van der Waals surface area contributed by atoms with Crippen molar-refractivity contribution in [3.63, 3.8) is 0 Å². The molecule has 0 heterocycles. The Balaban J connectivity index is 1.78.